The van der Waals surface area contributed by atoms with Crippen LogP contribution in [0.1, 0.15) is 22.6 Å². The number of carbonyl (C=O) groups excluding carboxylic acids is 1. The molecule has 0 atom stereocenters. The number of H-pyrrole nitrogens is 1. The molecule has 0 bridgehead atoms. The molecule has 0 aliphatic rings. The third-order valence-corrected chi connectivity index (χ3v) is 3.14. The van der Waals surface area contributed by atoms with Gasteiger partial charge in [0.25, 0.3) is 5.91 Å². The van der Waals surface area contributed by atoms with Crippen LogP contribution < -0.4 is 5.32 Å². The third-order valence-electron chi connectivity index (χ3n) is 2.47. The lowest BCUT2D eigenvalue weighted by Gasteiger charge is -2.05. The van der Waals surface area contributed by atoms with Crippen LogP contribution in [0.2, 0.25) is 5.02 Å². The van der Waals surface area contributed by atoms with Crippen LogP contribution in [-0.4, -0.2) is 27.6 Å². The molecule has 0 aliphatic carbocycles. The summed E-state index contributed by atoms with van der Waals surface area (Å²) in [6.07, 6.45) is 3.01. The molecule has 2 aromatic rings. The minimum Gasteiger partial charge on any atom is -0.352 e. The van der Waals surface area contributed by atoms with Crippen LogP contribution >= 0.6 is 27.5 Å². The predicted molar refractivity (Wildman–Crippen MR) is 76.2 cm³/mol. The summed E-state index contributed by atoms with van der Waals surface area (Å²) in [6, 6.07) is 5.11. The molecule has 0 saturated carbocycles. The van der Waals surface area contributed by atoms with Gasteiger partial charge in [0, 0.05) is 28.0 Å². The highest BCUT2D eigenvalue weighted by Crippen LogP contribution is 2.19. The largest absolute Gasteiger partial charge is 0.352 e. The quantitative estimate of drug-likeness (QED) is 0.820. The second-order valence-corrected chi connectivity index (χ2v) is 5.30. The van der Waals surface area contributed by atoms with Crippen molar-refractivity contribution in [2.45, 2.75) is 12.8 Å². The predicted octanol–water partition coefficient (Wildman–Crippen LogP) is 2.58. The molecular formula is C12H12BrClN4O. The zero-order valence-electron chi connectivity index (χ0n) is 9.99. The first-order valence-corrected chi connectivity index (χ1v) is 6.91. The molecular weight excluding hydrogens is 332 g/mol. The molecule has 2 N–H and O–H groups in total. The summed E-state index contributed by atoms with van der Waals surface area (Å²) < 4.78 is 0.784. The molecule has 0 radical (unpaired) electrons. The van der Waals surface area contributed by atoms with Gasteiger partial charge in [-0.05, 0) is 24.6 Å². The number of aryl methyl sites for hydroxylation is 1. The van der Waals surface area contributed by atoms with Gasteiger partial charge in [0.05, 0.1) is 0 Å². The van der Waals surface area contributed by atoms with Gasteiger partial charge in [0.15, 0.2) is 0 Å². The Morgan fingerprint density at radius 2 is 2.26 bits per heavy atom. The number of hydrogen-bond acceptors (Lipinski definition) is 3. The SMILES string of the molecule is O=C(NCCCc1ncn[nH]1)c1cc(Cl)cc(Br)c1. The first-order valence-electron chi connectivity index (χ1n) is 5.73. The number of benzene rings is 1. The van der Waals surface area contributed by atoms with Crippen molar-refractivity contribution in [3.8, 4) is 0 Å². The van der Waals surface area contributed by atoms with Crippen molar-refractivity contribution in [1.29, 1.82) is 0 Å². The van der Waals surface area contributed by atoms with Crippen LogP contribution in [0.15, 0.2) is 29.0 Å². The van der Waals surface area contributed by atoms with Gasteiger partial charge in [-0.2, -0.15) is 5.10 Å². The number of aromatic nitrogens is 3. The van der Waals surface area contributed by atoms with Crippen molar-refractivity contribution in [3.63, 3.8) is 0 Å². The Hall–Kier alpha value is -1.40. The zero-order chi connectivity index (χ0) is 13.7. The van der Waals surface area contributed by atoms with Crippen molar-refractivity contribution in [3.05, 3.63) is 45.4 Å². The number of hydrogen-bond donors (Lipinski definition) is 2. The zero-order valence-corrected chi connectivity index (χ0v) is 12.3. The number of halogens is 2. The van der Waals surface area contributed by atoms with Crippen LogP contribution in [0.25, 0.3) is 0 Å². The fraction of sp³-hybridized carbons (Fsp3) is 0.250. The minimum absolute atomic E-state index is 0.138. The number of nitrogens with one attached hydrogen (secondary N) is 2. The van der Waals surface area contributed by atoms with E-state index in [0.29, 0.717) is 17.1 Å². The lowest BCUT2D eigenvalue weighted by molar-refractivity contribution is 0.0953. The first kappa shape index (κ1) is 14.0. The smallest absolute Gasteiger partial charge is 0.251 e. The monoisotopic (exact) mass is 342 g/mol. The van der Waals surface area contributed by atoms with Crippen molar-refractivity contribution in [2.75, 3.05) is 6.54 Å². The van der Waals surface area contributed by atoms with Crippen molar-refractivity contribution < 1.29 is 4.79 Å². The third kappa shape index (κ3) is 4.33. The van der Waals surface area contributed by atoms with E-state index in [2.05, 4.69) is 36.4 Å². The molecule has 1 aromatic carbocycles. The summed E-state index contributed by atoms with van der Waals surface area (Å²) in [4.78, 5) is 15.9. The molecule has 5 nitrogen and oxygen atoms in total. The van der Waals surface area contributed by atoms with E-state index in [-0.39, 0.29) is 5.91 Å². The fourth-order valence-electron chi connectivity index (χ4n) is 1.60. The Balaban J connectivity index is 1.80. The van der Waals surface area contributed by atoms with Crippen molar-refractivity contribution in [1.82, 2.24) is 20.5 Å². The lowest BCUT2D eigenvalue weighted by Crippen LogP contribution is -2.24. The summed E-state index contributed by atoms with van der Waals surface area (Å²) in [5, 5.41) is 9.90. The Labute approximate surface area is 123 Å². The Morgan fingerprint density at radius 1 is 1.42 bits per heavy atom. The summed E-state index contributed by atoms with van der Waals surface area (Å²) >= 11 is 9.20. The Morgan fingerprint density at radius 3 is 2.95 bits per heavy atom. The normalized spacial score (nSPS) is 10.4. The maximum atomic E-state index is 11.9. The van der Waals surface area contributed by atoms with Crippen LogP contribution in [0.3, 0.4) is 0 Å². The van der Waals surface area contributed by atoms with Gasteiger partial charge in [0.2, 0.25) is 0 Å². The first-order chi connectivity index (χ1) is 9.15. The number of nitrogens with zero attached hydrogens (tertiary/aromatic N) is 2. The molecule has 0 unspecified atom stereocenters. The van der Waals surface area contributed by atoms with E-state index < -0.39 is 0 Å². The standard InChI is InChI=1S/C12H12BrClN4O/c13-9-4-8(5-10(14)6-9)12(19)15-3-1-2-11-16-7-17-18-11/h4-7H,1-3H2,(H,15,19)(H,16,17,18). The van der Waals surface area contributed by atoms with Gasteiger partial charge < -0.3 is 5.32 Å². The molecule has 2 rings (SSSR count). The molecule has 0 spiro atoms. The maximum Gasteiger partial charge on any atom is 0.251 e. The second kappa shape index (κ2) is 6.68. The van der Waals surface area contributed by atoms with Crippen LogP contribution in [0, 0.1) is 0 Å². The maximum absolute atomic E-state index is 11.9. The van der Waals surface area contributed by atoms with E-state index in [1.807, 2.05) is 0 Å². The van der Waals surface area contributed by atoms with Crippen LogP contribution in [-0.2, 0) is 6.42 Å². The average molecular weight is 344 g/mol. The Bertz CT molecular complexity index is 539. The summed E-state index contributed by atoms with van der Waals surface area (Å²) in [6.45, 7) is 0.573. The fourth-order valence-corrected chi connectivity index (χ4v) is 2.46. The van der Waals surface area contributed by atoms with Crippen molar-refractivity contribution >= 4 is 33.4 Å². The average Bonchev–Trinajstić information content (AvgIpc) is 2.86. The molecule has 19 heavy (non-hydrogen) atoms. The molecule has 0 aliphatic heterocycles. The van der Waals surface area contributed by atoms with E-state index in [9.17, 15) is 4.79 Å². The summed E-state index contributed by atoms with van der Waals surface area (Å²) in [5.41, 5.74) is 0.541. The van der Waals surface area contributed by atoms with Gasteiger partial charge in [-0.15, -0.1) is 0 Å². The van der Waals surface area contributed by atoms with E-state index in [1.165, 1.54) is 6.33 Å². The number of carbonyl (C=O) groups is 1. The molecule has 7 heteroatoms. The van der Waals surface area contributed by atoms with Crippen LogP contribution in [0.4, 0.5) is 0 Å². The number of amides is 1. The number of aromatic amines is 1. The lowest BCUT2D eigenvalue weighted by atomic mass is 10.2. The summed E-state index contributed by atoms with van der Waals surface area (Å²) in [7, 11) is 0. The molecule has 1 amide bonds. The molecule has 1 heterocycles. The summed E-state index contributed by atoms with van der Waals surface area (Å²) in [5.74, 6) is 0.681. The molecule has 1 aromatic heterocycles. The van der Waals surface area contributed by atoms with Crippen LogP contribution in [0.5, 0.6) is 0 Å². The van der Waals surface area contributed by atoms with E-state index >= 15 is 0 Å². The molecule has 0 saturated heterocycles. The number of rotatable bonds is 5. The highest BCUT2D eigenvalue weighted by atomic mass is 79.9. The highest BCUT2D eigenvalue weighted by molar-refractivity contribution is 9.10. The van der Waals surface area contributed by atoms with E-state index in [0.717, 1.165) is 23.1 Å². The highest BCUT2D eigenvalue weighted by Gasteiger charge is 2.07. The Kier molecular flexibility index (Phi) is 4.93. The van der Waals surface area contributed by atoms with E-state index in [4.69, 9.17) is 11.6 Å². The van der Waals surface area contributed by atoms with Gasteiger partial charge in [-0.1, -0.05) is 27.5 Å². The second-order valence-electron chi connectivity index (χ2n) is 3.95. The van der Waals surface area contributed by atoms with Gasteiger partial charge in [0.1, 0.15) is 12.2 Å². The topological polar surface area (TPSA) is 70.7 Å². The van der Waals surface area contributed by atoms with E-state index in [1.54, 1.807) is 18.2 Å². The molecule has 100 valence electrons. The van der Waals surface area contributed by atoms with Crippen molar-refractivity contribution in [2.24, 2.45) is 0 Å². The minimum atomic E-state index is -0.138. The van der Waals surface area contributed by atoms with Gasteiger partial charge in [-0.25, -0.2) is 4.98 Å². The van der Waals surface area contributed by atoms with Gasteiger partial charge >= 0.3 is 0 Å². The van der Waals surface area contributed by atoms with Gasteiger partial charge in [-0.3, -0.25) is 9.89 Å². The molecule has 0 fully saturated rings.